The lowest BCUT2D eigenvalue weighted by molar-refractivity contribution is 0.412. The Morgan fingerprint density at radius 1 is 1.24 bits per heavy atom. The Kier molecular flexibility index (Phi) is 3.75. The van der Waals surface area contributed by atoms with Gasteiger partial charge in [-0.2, -0.15) is 5.10 Å². The SMILES string of the molecule is COc1ccc(Cn2ncc3ccccc3c2=O)cc1Br. The van der Waals surface area contributed by atoms with Crippen LogP contribution in [0.1, 0.15) is 5.56 Å². The van der Waals surface area contributed by atoms with Gasteiger partial charge in [-0.15, -0.1) is 0 Å². The standard InChI is InChI=1S/C16H13BrN2O2/c1-21-15-7-6-11(8-14(15)17)10-19-16(20)13-5-3-2-4-12(13)9-18-19/h2-9H,10H2,1H3. The number of fused-ring (bicyclic) bond motifs is 1. The molecule has 0 bridgehead atoms. The van der Waals surface area contributed by atoms with Gasteiger partial charge in [0.1, 0.15) is 5.75 Å². The molecule has 3 aromatic rings. The van der Waals surface area contributed by atoms with E-state index in [1.54, 1.807) is 13.3 Å². The zero-order chi connectivity index (χ0) is 14.8. The fourth-order valence-electron chi connectivity index (χ4n) is 2.22. The number of nitrogens with zero attached hydrogens (tertiary/aromatic N) is 2. The predicted octanol–water partition coefficient (Wildman–Crippen LogP) is 3.22. The molecule has 0 N–H and O–H groups in total. The molecule has 5 heteroatoms. The summed E-state index contributed by atoms with van der Waals surface area (Å²) in [4.78, 5) is 12.4. The molecule has 1 aromatic heterocycles. The van der Waals surface area contributed by atoms with Crippen LogP contribution in [0.25, 0.3) is 10.8 Å². The van der Waals surface area contributed by atoms with E-state index >= 15 is 0 Å². The summed E-state index contributed by atoms with van der Waals surface area (Å²) in [6, 6.07) is 13.2. The topological polar surface area (TPSA) is 44.1 Å². The molecule has 0 fully saturated rings. The normalized spacial score (nSPS) is 10.8. The van der Waals surface area contributed by atoms with Crippen LogP contribution in [0.4, 0.5) is 0 Å². The van der Waals surface area contributed by atoms with Gasteiger partial charge in [0.15, 0.2) is 0 Å². The average molecular weight is 345 g/mol. The molecule has 0 amide bonds. The Labute approximate surface area is 130 Å². The van der Waals surface area contributed by atoms with Gasteiger partial charge in [-0.05, 0) is 39.7 Å². The molecule has 0 saturated carbocycles. The monoisotopic (exact) mass is 344 g/mol. The van der Waals surface area contributed by atoms with Gasteiger partial charge in [-0.1, -0.05) is 24.3 Å². The summed E-state index contributed by atoms with van der Waals surface area (Å²) < 4.78 is 7.53. The molecule has 1 heterocycles. The summed E-state index contributed by atoms with van der Waals surface area (Å²) in [5, 5.41) is 5.77. The number of benzene rings is 2. The minimum absolute atomic E-state index is 0.0833. The average Bonchev–Trinajstić information content (AvgIpc) is 2.51. The maximum atomic E-state index is 12.4. The lowest BCUT2D eigenvalue weighted by atomic mass is 10.2. The second-order valence-electron chi connectivity index (χ2n) is 4.66. The van der Waals surface area contributed by atoms with Gasteiger partial charge in [0, 0.05) is 5.39 Å². The van der Waals surface area contributed by atoms with Gasteiger partial charge in [-0.3, -0.25) is 4.79 Å². The van der Waals surface area contributed by atoms with Crippen LogP contribution in [0, 0.1) is 0 Å². The van der Waals surface area contributed by atoms with Crippen LogP contribution in [0.15, 0.2) is 57.9 Å². The van der Waals surface area contributed by atoms with Gasteiger partial charge in [0.25, 0.3) is 5.56 Å². The second kappa shape index (κ2) is 5.69. The molecule has 0 unspecified atom stereocenters. The van der Waals surface area contributed by atoms with Crippen molar-refractivity contribution >= 4 is 26.7 Å². The number of ether oxygens (including phenoxy) is 1. The fraction of sp³-hybridized carbons (Fsp3) is 0.125. The van der Waals surface area contributed by atoms with Gasteiger partial charge in [0.05, 0.1) is 29.7 Å². The second-order valence-corrected chi connectivity index (χ2v) is 5.52. The smallest absolute Gasteiger partial charge is 0.274 e. The molecule has 0 atom stereocenters. The first-order valence-corrected chi connectivity index (χ1v) is 7.25. The summed E-state index contributed by atoms with van der Waals surface area (Å²) in [6.45, 7) is 0.423. The van der Waals surface area contributed by atoms with E-state index in [0.717, 1.165) is 21.2 Å². The van der Waals surface area contributed by atoms with Crippen molar-refractivity contribution < 1.29 is 4.74 Å². The summed E-state index contributed by atoms with van der Waals surface area (Å²) in [6.07, 6.45) is 1.72. The minimum atomic E-state index is -0.0833. The number of hydrogen-bond acceptors (Lipinski definition) is 3. The third-order valence-corrected chi connectivity index (χ3v) is 3.93. The molecule has 2 aromatic carbocycles. The van der Waals surface area contributed by atoms with Gasteiger partial charge >= 0.3 is 0 Å². The molecule has 3 rings (SSSR count). The van der Waals surface area contributed by atoms with Crippen LogP contribution in [0.5, 0.6) is 5.75 Å². The first kappa shape index (κ1) is 13.8. The molecular formula is C16H13BrN2O2. The van der Waals surface area contributed by atoms with E-state index in [1.165, 1.54) is 4.68 Å². The van der Waals surface area contributed by atoms with Crippen LogP contribution >= 0.6 is 15.9 Å². The quantitative estimate of drug-likeness (QED) is 0.732. The highest BCUT2D eigenvalue weighted by Gasteiger charge is 2.06. The number of rotatable bonds is 3. The third-order valence-electron chi connectivity index (χ3n) is 3.31. The number of halogens is 1. The van der Waals surface area contributed by atoms with E-state index in [9.17, 15) is 4.79 Å². The summed E-state index contributed by atoms with van der Waals surface area (Å²) in [7, 11) is 1.62. The first-order valence-electron chi connectivity index (χ1n) is 6.46. The van der Waals surface area contributed by atoms with Gasteiger partial charge < -0.3 is 4.74 Å². The molecular weight excluding hydrogens is 332 g/mol. The van der Waals surface area contributed by atoms with E-state index in [4.69, 9.17) is 4.74 Å². The van der Waals surface area contributed by atoms with Crippen LogP contribution in [0.3, 0.4) is 0 Å². The molecule has 106 valence electrons. The molecule has 0 spiro atoms. The highest BCUT2D eigenvalue weighted by atomic mass is 79.9. The largest absolute Gasteiger partial charge is 0.496 e. The number of aromatic nitrogens is 2. The van der Waals surface area contributed by atoms with Crippen LogP contribution in [-0.4, -0.2) is 16.9 Å². The maximum Gasteiger partial charge on any atom is 0.274 e. The third kappa shape index (κ3) is 2.69. The van der Waals surface area contributed by atoms with E-state index in [2.05, 4.69) is 21.0 Å². The van der Waals surface area contributed by atoms with Crippen molar-refractivity contribution in [2.45, 2.75) is 6.54 Å². The number of hydrogen-bond donors (Lipinski definition) is 0. The van der Waals surface area contributed by atoms with Crippen LogP contribution < -0.4 is 10.3 Å². The van der Waals surface area contributed by atoms with Crippen molar-refractivity contribution in [1.29, 1.82) is 0 Å². The van der Waals surface area contributed by atoms with Crippen LogP contribution in [-0.2, 0) is 6.54 Å². The summed E-state index contributed by atoms with van der Waals surface area (Å²) in [5.74, 6) is 0.762. The van der Waals surface area contributed by atoms with Crippen molar-refractivity contribution in [2.75, 3.05) is 7.11 Å². The van der Waals surface area contributed by atoms with Gasteiger partial charge in [0.2, 0.25) is 0 Å². The Hall–Kier alpha value is -2.14. The van der Waals surface area contributed by atoms with Crippen LogP contribution in [0.2, 0.25) is 0 Å². The number of methoxy groups -OCH3 is 1. The Morgan fingerprint density at radius 2 is 2.05 bits per heavy atom. The fourth-order valence-corrected chi connectivity index (χ4v) is 2.81. The van der Waals surface area contributed by atoms with E-state index in [-0.39, 0.29) is 5.56 Å². The Bertz CT molecular complexity index is 858. The highest BCUT2D eigenvalue weighted by Crippen LogP contribution is 2.25. The molecule has 0 aliphatic heterocycles. The highest BCUT2D eigenvalue weighted by molar-refractivity contribution is 9.10. The summed E-state index contributed by atoms with van der Waals surface area (Å²) in [5.41, 5.74) is 0.896. The van der Waals surface area contributed by atoms with Crippen molar-refractivity contribution in [3.8, 4) is 5.75 Å². The first-order chi connectivity index (χ1) is 10.2. The van der Waals surface area contributed by atoms with Crippen molar-refractivity contribution in [1.82, 2.24) is 9.78 Å². The van der Waals surface area contributed by atoms with Crippen molar-refractivity contribution in [3.63, 3.8) is 0 Å². The van der Waals surface area contributed by atoms with E-state index in [0.29, 0.717) is 11.9 Å². The Balaban J connectivity index is 2.00. The van der Waals surface area contributed by atoms with E-state index in [1.807, 2.05) is 42.5 Å². The van der Waals surface area contributed by atoms with Crippen molar-refractivity contribution in [3.05, 3.63) is 69.1 Å². The molecule has 0 saturated heterocycles. The zero-order valence-corrected chi connectivity index (χ0v) is 13.0. The lowest BCUT2D eigenvalue weighted by Gasteiger charge is -2.08. The molecule has 0 aliphatic carbocycles. The zero-order valence-electron chi connectivity index (χ0n) is 11.4. The maximum absolute atomic E-state index is 12.4. The Morgan fingerprint density at radius 3 is 2.81 bits per heavy atom. The van der Waals surface area contributed by atoms with Gasteiger partial charge in [-0.25, -0.2) is 4.68 Å². The minimum Gasteiger partial charge on any atom is -0.496 e. The van der Waals surface area contributed by atoms with E-state index < -0.39 is 0 Å². The molecule has 4 nitrogen and oxygen atoms in total. The molecule has 0 radical (unpaired) electrons. The lowest BCUT2D eigenvalue weighted by Crippen LogP contribution is -2.23. The molecule has 21 heavy (non-hydrogen) atoms. The molecule has 0 aliphatic rings. The van der Waals surface area contributed by atoms with Crippen molar-refractivity contribution in [2.24, 2.45) is 0 Å². The predicted molar refractivity (Wildman–Crippen MR) is 85.8 cm³/mol. The summed E-state index contributed by atoms with van der Waals surface area (Å²) >= 11 is 3.45.